The van der Waals surface area contributed by atoms with Gasteiger partial charge in [-0.05, 0) is 61.4 Å². The maximum Gasteiger partial charge on any atom is 0.255 e. The number of nitrogens with one attached hydrogen (secondary N) is 2. The minimum Gasteiger partial charge on any atom is -0.497 e. The molecule has 2 N–H and O–H groups in total. The largest absolute Gasteiger partial charge is 0.497 e. The van der Waals surface area contributed by atoms with Crippen LogP contribution >= 0.6 is 0 Å². The van der Waals surface area contributed by atoms with E-state index in [2.05, 4.69) is 34.3 Å². The Hall–Kier alpha value is -4.06. The van der Waals surface area contributed by atoms with Crippen LogP contribution in [-0.4, -0.2) is 22.6 Å². The molecule has 0 spiro atoms. The highest BCUT2D eigenvalue weighted by atomic mass is 16.5. The molecule has 160 valence electrons. The Morgan fingerprint density at radius 3 is 2.47 bits per heavy atom. The fourth-order valence-electron chi connectivity index (χ4n) is 4.32. The van der Waals surface area contributed by atoms with Crippen molar-refractivity contribution in [3.63, 3.8) is 0 Å². The van der Waals surface area contributed by atoms with Crippen LogP contribution in [0.15, 0.2) is 84.1 Å². The minimum absolute atomic E-state index is 0.156. The third-order valence-electron chi connectivity index (χ3n) is 5.91. The molecule has 1 amide bonds. The van der Waals surface area contributed by atoms with E-state index in [0.29, 0.717) is 11.3 Å². The highest BCUT2D eigenvalue weighted by Crippen LogP contribution is 2.40. The standard InChI is InChI=1S/C26H24N4O2/c1-16-8-4-5-9-20(16)24-23(25(31)28-18-12-14-19(32-3)15-13-18)17(2)27-26-29-21-10-6-7-11-22(21)30(24)26/h4-15,24H,1-3H3,(H,27,29)(H,28,31)/t24-/m0/s1. The highest BCUT2D eigenvalue weighted by Gasteiger charge is 2.34. The van der Waals surface area contributed by atoms with Gasteiger partial charge in [0.1, 0.15) is 5.75 Å². The molecule has 0 aliphatic carbocycles. The number of amides is 1. The summed E-state index contributed by atoms with van der Waals surface area (Å²) in [5.74, 6) is 1.32. The second kappa shape index (κ2) is 7.89. The van der Waals surface area contributed by atoms with Crippen molar-refractivity contribution < 1.29 is 9.53 Å². The Labute approximate surface area is 186 Å². The fraction of sp³-hybridized carbons (Fsp3) is 0.154. The van der Waals surface area contributed by atoms with Gasteiger partial charge >= 0.3 is 0 Å². The first-order valence-corrected chi connectivity index (χ1v) is 10.5. The monoisotopic (exact) mass is 424 g/mol. The van der Waals surface area contributed by atoms with Crippen molar-refractivity contribution in [3.05, 3.63) is 95.2 Å². The lowest BCUT2D eigenvalue weighted by molar-refractivity contribution is -0.113. The number of anilines is 2. The van der Waals surface area contributed by atoms with Gasteiger partial charge in [-0.2, -0.15) is 0 Å². The summed E-state index contributed by atoms with van der Waals surface area (Å²) in [6, 6.07) is 23.2. The number of hydrogen-bond donors (Lipinski definition) is 2. The van der Waals surface area contributed by atoms with E-state index in [1.165, 1.54) is 0 Å². The molecule has 32 heavy (non-hydrogen) atoms. The average Bonchev–Trinajstić information content (AvgIpc) is 3.17. The van der Waals surface area contributed by atoms with Crippen LogP contribution in [0.2, 0.25) is 0 Å². The fourth-order valence-corrected chi connectivity index (χ4v) is 4.32. The zero-order valence-corrected chi connectivity index (χ0v) is 18.2. The Bertz CT molecular complexity index is 1350. The summed E-state index contributed by atoms with van der Waals surface area (Å²) >= 11 is 0. The number of rotatable bonds is 4. The molecule has 6 nitrogen and oxygen atoms in total. The van der Waals surface area contributed by atoms with Gasteiger partial charge in [0.15, 0.2) is 0 Å². The van der Waals surface area contributed by atoms with Crippen molar-refractivity contribution >= 4 is 28.6 Å². The van der Waals surface area contributed by atoms with Gasteiger partial charge in [0.05, 0.1) is 29.8 Å². The highest BCUT2D eigenvalue weighted by molar-refractivity contribution is 6.06. The van der Waals surface area contributed by atoms with Crippen LogP contribution in [0.1, 0.15) is 24.1 Å². The molecule has 1 aliphatic rings. The predicted octanol–water partition coefficient (Wildman–Crippen LogP) is 5.28. The van der Waals surface area contributed by atoms with Gasteiger partial charge in [0, 0.05) is 11.4 Å². The van der Waals surface area contributed by atoms with Crippen LogP contribution in [-0.2, 0) is 4.79 Å². The number of ether oxygens (including phenoxy) is 1. The normalized spacial score (nSPS) is 15.3. The van der Waals surface area contributed by atoms with Crippen LogP contribution in [0.3, 0.4) is 0 Å². The Morgan fingerprint density at radius 2 is 1.72 bits per heavy atom. The van der Waals surface area contributed by atoms with E-state index in [4.69, 9.17) is 9.72 Å². The second-order valence-corrected chi connectivity index (χ2v) is 7.90. The lowest BCUT2D eigenvalue weighted by Gasteiger charge is -2.31. The number of imidazole rings is 1. The zero-order valence-electron chi connectivity index (χ0n) is 18.2. The van der Waals surface area contributed by atoms with Crippen molar-refractivity contribution in [2.75, 3.05) is 17.7 Å². The van der Waals surface area contributed by atoms with Crippen LogP contribution in [0.5, 0.6) is 5.75 Å². The number of benzene rings is 3. The molecule has 1 aromatic heterocycles. The van der Waals surface area contributed by atoms with Crippen LogP contribution in [0, 0.1) is 6.92 Å². The molecule has 0 unspecified atom stereocenters. The van der Waals surface area contributed by atoms with Crippen molar-refractivity contribution in [2.45, 2.75) is 19.9 Å². The summed E-state index contributed by atoms with van der Waals surface area (Å²) in [7, 11) is 1.62. The third kappa shape index (κ3) is 3.30. The SMILES string of the molecule is COc1ccc(NC(=O)C2=C(C)Nc3nc4ccccc4n3[C@H]2c2ccccc2C)cc1. The molecular weight excluding hydrogens is 400 g/mol. The lowest BCUT2D eigenvalue weighted by atomic mass is 9.91. The van der Waals surface area contributed by atoms with Gasteiger partial charge in [-0.15, -0.1) is 0 Å². The van der Waals surface area contributed by atoms with Crippen molar-refractivity contribution in [3.8, 4) is 5.75 Å². The molecule has 1 aliphatic heterocycles. The van der Waals surface area contributed by atoms with Crippen molar-refractivity contribution in [1.29, 1.82) is 0 Å². The number of aryl methyl sites for hydroxylation is 1. The number of aromatic nitrogens is 2. The van der Waals surface area contributed by atoms with Crippen molar-refractivity contribution in [2.24, 2.45) is 0 Å². The summed E-state index contributed by atoms with van der Waals surface area (Å²) in [5, 5.41) is 6.41. The number of fused-ring (bicyclic) bond motifs is 3. The first-order valence-electron chi connectivity index (χ1n) is 10.5. The van der Waals surface area contributed by atoms with Gasteiger partial charge in [0.2, 0.25) is 5.95 Å². The Kier molecular flexibility index (Phi) is 4.90. The smallest absolute Gasteiger partial charge is 0.255 e. The first-order chi connectivity index (χ1) is 15.6. The number of allylic oxidation sites excluding steroid dienone is 1. The average molecular weight is 425 g/mol. The van der Waals surface area contributed by atoms with Gasteiger partial charge in [-0.3, -0.25) is 9.36 Å². The van der Waals surface area contributed by atoms with Gasteiger partial charge < -0.3 is 15.4 Å². The molecule has 0 bridgehead atoms. The minimum atomic E-state index is -0.307. The molecule has 4 aromatic rings. The number of carbonyl (C=O) groups excluding carboxylic acids is 1. The van der Waals surface area contributed by atoms with E-state index in [1.807, 2.05) is 67.6 Å². The van der Waals surface area contributed by atoms with Crippen molar-refractivity contribution in [1.82, 2.24) is 9.55 Å². The van der Waals surface area contributed by atoms with Crippen LogP contribution < -0.4 is 15.4 Å². The molecule has 0 saturated carbocycles. The molecular formula is C26H24N4O2. The number of para-hydroxylation sites is 2. The van der Waals surface area contributed by atoms with Gasteiger partial charge in [-0.25, -0.2) is 4.98 Å². The van der Waals surface area contributed by atoms with Crippen LogP contribution in [0.25, 0.3) is 11.0 Å². The number of carbonyl (C=O) groups is 1. The molecule has 2 heterocycles. The number of methoxy groups -OCH3 is 1. The second-order valence-electron chi connectivity index (χ2n) is 7.90. The van der Waals surface area contributed by atoms with E-state index in [9.17, 15) is 4.79 Å². The summed E-state index contributed by atoms with van der Waals surface area (Å²) in [4.78, 5) is 18.4. The molecule has 6 heteroatoms. The van der Waals surface area contributed by atoms with E-state index in [0.717, 1.165) is 39.6 Å². The van der Waals surface area contributed by atoms with E-state index < -0.39 is 0 Å². The number of hydrogen-bond acceptors (Lipinski definition) is 4. The summed E-state index contributed by atoms with van der Waals surface area (Å²) in [6.07, 6.45) is 0. The quantitative estimate of drug-likeness (QED) is 0.468. The summed E-state index contributed by atoms with van der Waals surface area (Å²) < 4.78 is 7.34. The van der Waals surface area contributed by atoms with E-state index in [1.54, 1.807) is 7.11 Å². The third-order valence-corrected chi connectivity index (χ3v) is 5.91. The van der Waals surface area contributed by atoms with Crippen LogP contribution in [0.4, 0.5) is 11.6 Å². The van der Waals surface area contributed by atoms with E-state index >= 15 is 0 Å². The maximum absolute atomic E-state index is 13.6. The van der Waals surface area contributed by atoms with Gasteiger partial charge in [-0.1, -0.05) is 36.4 Å². The summed E-state index contributed by atoms with van der Waals surface area (Å²) in [6.45, 7) is 4.00. The zero-order chi connectivity index (χ0) is 22.2. The molecule has 3 aromatic carbocycles. The molecule has 1 atom stereocenters. The van der Waals surface area contributed by atoms with Gasteiger partial charge in [0.25, 0.3) is 5.91 Å². The Balaban J connectivity index is 1.64. The lowest BCUT2D eigenvalue weighted by Crippen LogP contribution is -2.31. The number of nitrogens with zero attached hydrogens (tertiary/aromatic N) is 2. The summed E-state index contributed by atoms with van der Waals surface area (Å²) in [5.41, 5.74) is 6.20. The molecule has 0 radical (unpaired) electrons. The molecule has 0 saturated heterocycles. The predicted molar refractivity (Wildman–Crippen MR) is 127 cm³/mol. The Morgan fingerprint density at radius 1 is 1.00 bits per heavy atom. The topological polar surface area (TPSA) is 68.2 Å². The molecule has 0 fully saturated rings. The molecule has 5 rings (SSSR count). The maximum atomic E-state index is 13.6. The first kappa shape index (κ1) is 19.9. The van der Waals surface area contributed by atoms with E-state index in [-0.39, 0.29) is 11.9 Å².